The number of methoxy groups -OCH3 is 1. The Kier molecular flexibility index (Phi) is 5.86. The van der Waals surface area contributed by atoms with Crippen molar-refractivity contribution in [2.24, 2.45) is 0 Å². The Labute approximate surface area is 142 Å². The van der Waals surface area contributed by atoms with E-state index in [1.807, 2.05) is 6.26 Å². The molecule has 0 radical (unpaired) electrons. The van der Waals surface area contributed by atoms with Crippen LogP contribution < -0.4 is 15.7 Å². The first-order chi connectivity index (χ1) is 11.5. The van der Waals surface area contributed by atoms with Crippen LogP contribution in [0.15, 0.2) is 33.5 Å². The Bertz CT molecular complexity index is 816. The van der Waals surface area contributed by atoms with Crippen molar-refractivity contribution in [1.82, 2.24) is 5.32 Å². The van der Waals surface area contributed by atoms with Crippen molar-refractivity contribution in [1.29, 1.82) is 0 Å². The standard InChI is InChI=1S/C16H17NO6S/c1-22-12-5-3-4-9-8-10(16(21)23-13(9)12)14(18)17-11(15(19)20)6-7-24-2/h3-5,8,11H,6-7H2,1-2H3,(H,17,18)(H,19,20)/t11-/m0/s1. The smallest absolute Gasteiger partial charge is 0.349 e. The molecule has 24 heavy (non-hydrogen) atoms. The molecule has 1 heterocycles. The fourth-order valence-corrected chi connectivity index (χ4v) is 2.64. The monoisotopic (exact) mass is 351 g/mol. The van der Waals surface area contributed by atoms with Gasteiger partial charge in [0.1, 0.15) is 11.6 Å². The second-order valence-corrected chi connectivity index (χ2v) is 5.96. The zero-order valence-electron chi connectivity index (χ0n) is 13.2. The molecular weight excluding hydrogens is 334 g/mol. The van der Waals surface area contributed by atoms with E-state index in [4.69, 9.17) is 14.3 Å². The summed E-state index contributed by atoms with van der Waals surface area (Å²) in [4.78, 5) is 35.6. The summed E-state index contributed by atoms with van der Waals surface area (Å²) in [6.07, 6.45) is 2.10. The molecule has 0 aliphatic heterocycles. The zero-order valence-corrected chi connectivity index (χ0v) is 14.0. The number of aliphatic carboxylic acids is 1. The highest BCUT2D eigenvalue weighted by Gasteiger charge is 2.23. The Morgan fingerprint density at radius 1 is 1.42 bits per heavy atom. The van der Waals surface area contributed by atoms with Crippen LogP contribution in [-0.2, 0) is 4.79 Å². The maximum atomic E-state index is 12.3. The summed E-state index contributed by atoms with van der Waals surface area (Å²) in [5.41, 5.74) is -0.858. The predicted molar refractivity (Wildman–Crippen MR) is 90.9 cm³/mol. The molecular formula is C16H17NO6S. The Hall–Kier alpha value is -2.48. The molecule has 7 nitrogen and oxygen atoms in total. The summed E-state index contributed by atoms with van der Waals surface area (Å²) < 4.78 is 10.3. The number of nitrogens with one attached hydrogen (secondary N) is 1. The molecule has 0 aliphatic rings. The fraction of sp³-hybridized carbons (Fsp3) is 0.312. The molecule has 1 amide bonds. The minimum Gasteiger partial charge on any atom is -0.493 e. The minimum absolute atomic E-state index is 0.235. The summed E-state index contributed by atoms with van der Waals surface area (Å²) in [7, 11) is 1.44. The van der Waals surface area contributed by atoms with E-state index in [2.05, 4.69) is 5.32 Å². The number of benzene rings is 1. The molecule has 0 bridgehead atoms. The Balaban J connectivity index is 2.34. The van der Waals surface area contributed by atoms with Gasteiger partial charge in [-0.1, -0.05) is 12.1 Å². The van der Waals surface area contributed by atoms with Crippen LogP contribution in [0.4, 0.5) is 0 Å². The SMILES string of the molecule is COc1cccc2cc(C(=O)N[C@@H](CCSC)C(=O)O)c(=O)oc12. The van der Waals surface area contributed by atoms with Crippen LogP contribution in [0, 0.1) is 0 Å². The highest BCUT2D eigenvalue weighted by atomic mass is 32.2. The van der Waals surface area contributed by atoms with Crippen molar-refractivity contribution in [3.05, 3.63) is 40.2 Å². The first-order valence-corrected chi connectivity index (χ1v) is 8.50. The largest absolute Gasteiger partial charge is 0.493 e. The number of ether oxygens (including phenoxy) is 1. The van der Waals surface area contributed by atoms with Gasteiger partial charge >= 0.3 is 11.6 Å². The summed E-state index contributed by atoms with van der Waals surface area (Å²) in [5, 5.41) is 12.0. The number of thioether (sulfide) groups is 1. The Morgan fingerprint density at radius 3 is 2.79 bits per heavy atom. The minimum atomic E-state index is -1.15. The number of carboxylic acid groups (broad SMARTS) is 1. The molecule has 2 rings (SSSR count). The fourth-order valence-electron chi connectivity index (χ4n) is 2.17. The van der Waals surface area contributed by atoms with Crippen LogP contribution >= 0.6 is 11.8 Å². The lowest BCUT2D eigenvalue weighted by Gasteiger charge is -2.13. The van der Waals surface area contributed by atoms with Gasteiger partial charge in [0.15, 0.2) is 11.3 Å². The molecule has 0 saturated carbocycles. The average molecular weight is 351 g/mol. The van der Waals surface area contributed by atoms with Gasteiger partial charge in [-0.25, -0.2) is 9.59 Å². The van der Waals surface area contributed by atoms with Crippen LogP contribution in [0.25, 0.3) is 11.0 Å². The second-order valence-electron chi connectivity index (χ2n) is 4.97. The number of hydrogen-bond donors (Lipinski definition) is 2. The number of carbonyl (C=O) groups is 2. The molecule has 0 spiro atoms. The summed E-state index contributed by atoms with van der Waals surface area (Å²) >= 11 is 1.47. The first-order valence-electron chi connectivity index (χ1n) is 7.11. The van der Waals surface area contributed by atoms with Gasteiger partial charge in [-0.3, -0.25) is 4.79 Å². The normalized spacial score (nSPS) is 11.9. The lowest BCUT2D eigenvalue weighted by atomic mass is 10.1. The molecule has 1 atom stereocenters. The summed E-state index contributed by atoms with van der Waals surface area (Å²) in [5.74, 6) is -0.980. The van der Waals surface area contributed by atoms with Gasteiger partial charge in [0.05, 0.1) is 7.11 Å². The van der Waals surface area contributed by atoms with E-state index in [9.17, 15) is 14.4 Å². The van der Waals surface area contributed by atoms with Crippen LogP contribution in [0.1, 0.15) is 16.8 Å². The van der Waals surface area contributed by atoms with Crippen LogP contribution in [-0.4, -0.2) is 42.1 Å². The number of fused-ring (bicyclic) bond motifs is 1. The van der Waals surface area contributed by atoms with E-state index in [1.165, 1.54) is 24.9 Å². The highest BCUT2D eigenvalue weighted by Crippen LogP contribution is 2.24. The first kappa shape index (κ1) is 17.9. The molecule has 1 aromatic carbocycles. The second kappa shape index (κ2) is 7.87. The van der Waals surface area contributed by atoms with Crippen LogP contribution in [0.5, 0.6) is 5.75 Å². The van der Waals surface area contributed by atoms with E-state index in [0.29, 0.717) is 16.9 Å². The summed E-state index contributed by atoms with van der Waals surface area (Å²) in [6, 6.07) is 5.30. The van der Waals surface area contributed by atoms with Crippen LogP contribution in [0.3, 0.4) is 0 Å². The van der Waals surface area contributed by atoms with Gasteiger partial charge in [-0.2, -0.15) is 11.8 Å². The van der Waals surface area contributed by atoms with E-state index >= 15 is 0 Å². The van der Waals surface area contributed by atoms with Gasteiger partial charge in [-0.05, 0) is 30.6 Å². The van der Waals surface area contributed by atoms with E-state index < -0.39 is 23.5 Å². The maximum absolute atomic E-state index is 12.3. The predicted octanol–water partition coefficient (Wildman–Crippen LogP) is 1.74. The molecule has 1 aromatic heterocycles. The number of amides is 1. The van der Waals surface area contributed by atoms with E-state index in [-0.39, 0.29) is 17.6 Å². The molecule has 0 saturated heterocycles. The topological polar surface area (TPSA) is 106 Å². The number of para-hydroxylation sites is 1. The zero-order chi connectivity index (χ0) is 17.7. The highest BCUT2D eigenvalue weighted by molar-refractivity contribution is 7.98. The van der Waals surface area contributed by atoms with Crippen molar-refractivity contribution < 1.29 is 23.8 Å². The molecule has 0 aliphatic carbocycles. The lowest BCUT2D eigenvalue weighted by molar-refractivity contribution is -0.139. The average Bonchev–Trinajstić information content (AvgIpc) is 2.56. The van der Waals surface area contributed by atoms with Crippen molar-refractivity contribution in [2.45, 2.75) is 12.5 Å². The molecule has 0 unspecified atom stereocenters. The molecule has 8 heteroatoms. The number of rotatable bonds is 7. The Morgan fingerprint density at radius 2 is 2.17 bits per heavy atom. The quantitative estimate of drug-likeness (QED) is 0.732. The van der Waals surface area contributed by atoms with Gasteiger partial charge < -0.3 is 19.6 Å². The molecule has 128 valence electrons. The number of carboxylic acids is 1. The third kappa shape index (κ3) is 3.88. The number of hydrogen-bond acceptors (Lipinski definition) is 6. The third-order valence-corrected chi connectivity index (χ3v) is 4.05. The molecule has 2 aromatic rings. The van der Waals surface area contributed by atoms with Crippen molar-refractivity contribution in [2.75, 3.05) is 19.1 Å². The van der Waals surface area contributed by atoms with Gasteiger partial charge in [0, 0.05) is 5.39 Å². The van der Waals surface area contributed by atoms with Crippen molar-refractivity contribution in [3.63, 3.8) is 0 Å². The van der Waals surface area contributed by atoms with Gasteiger partial charge in [0.2, 0.25) is 0 Å². The lowest BCUT2D eigenvalue weighted by Crippen LogP contribution is -2.42. The van der Waals surface area contributed by atoms with E-state index in [1.54, 1.807) is 18.2 Å². The maximum Gasteiger partial charge on any atom is 0.349 e. The van der Waals surface area contributed by atoms with Crippen LogP contribution in [0.2, 0.25) is 0 Å². The molecule has 2 N–H and O–H groups in total. The number of carbonyl (C=O) groups excluding carboxylic acids is 1. The molecule has 0 fully saturated rings. The van der Waals surface area contributed by atoms with E-state index in [0.717, 1.165) is 0 Å². The summed E-state index contributed by atoms with van der Waals surface area (Å²) in [6.45, 7) is 0. The third-order valence-electron chi connectivity index (χ3n) is 3.40. The van der Waals surface area contributed by atoms with Gasteiger partial charge in [-0.15, -0.1) is 0 Å². The van der Waals surface area contributed by atoms with Crippen molar-refractivity contribution in [3.8, 4) is 5.75 Å². The van der Waals surface area contributed by atoms with Gasteiger partial charge in [0.25, 0.3) is 5.91 Å². The van der Waals surface area contributed by atoms with Crippen molar-refractivity contribution >= 4 is 34.6 Å².